The number of piperidine rings is 1. The highest BCUT2D eigenvalue weighted by molar-refractivity contribution is 5.84. The fraction of sp³-hybridized carbons (Fsp3) is 0.923. The van der Waals surface area contributed by atoms with E-state index in [1.807, 2.05) is 7.05 Å². The van der Waals surface area contributed by atoms with E-state index in [-0.39, 0.29) is 5.91 Å². The number of likely N-dealkylation sites (tertiary alicyclic amines) is 1. The van der Waals surface area contributed by atoms with Gasteiger partial charge in [0.1, 0.15) is 0 Å². The zero-order chi connectivity index (χ0) is 12.3. The number of carbonyl (C=O) groups excluding carboxylic acids is 1. The molecular weight excluding hydrogens is 214 g/mol. The zero-order valence-electron chi connectivity index (χ0n) is 10.9. The molecule has 1 saturated heterocycles. The Morgan fingerprint density at radius 3 is 2.59 bits per heavy atom. The largest absolute Gasteiger partial charge is 0.368 e. The molecule has 0 radical (unpaired) electrons. The van der Waals surface area contributed by atoms with Gasteiger partial charge in [-0.15, -0.1) is 0 Å². The summed E-state index contributed by atoms with van der Waals surface area (Å²) in [5, 5.41) is 3.18. The van der Waals surface area contributed by atoms with Crippen LogP contribution in [-0.2, 0) is 4.79 Å². The molecule has 17 heavy (non-hydrogen) atoms. The number of rotatable bonds is 3. The first-order chi connectivity index (χ1) is 8.18. The molecule has 1 heterocycles. The predicted molar refractivity (Wildman–Crippen MR) is 68.7 cm³/mol. The van der Waals surface area contributed by atoms with Crippen LogP contribution in [0.3, 0.4) is 0 Å². The lowest BCUT2D eigenvalue weighted by Gasteiger charge is -2.44. The highest BCUT2D eigenvalue weighted by Crippen LogP contribution is 2.32. The molecule has 98 valence electrons. The van der Waals surface area contributed by atoms with Crippen molar-refractivity contribution in [3.05, 3.63) is 0 Å². The Hall–Kier alpha value is -0.610. The van der Waals surface area contributed by atoms with Gasteiger partial charge in [0.15, 0.2) is 0 Å². The summed E-state index contributed by atoms with van der Waals surface area (Å²) < 4.78 is 0. The van der Waals surface area contributed by atoms with Crippen LogP contribution in [0.4, 0.5) is 0 Å². The first-order valence-corrected chi connectivity index (χ1v) is 6.91. The molecule has 2 fully saturated rings. The summed E-state index contributed by atoms with van der Waals surface area (Å²) in [5.74, 6) is -0.179. The molecule has 2 rings (SSSR count). The quantitative estimate of drug-likeness (QED) is 0.768. The molecule has 4 heteroatoms. The van der Waals surface area contributed by atoms with Gasteiger partial charge in [-0.2, -0.15) is 0 Å². The van der Waals surface area contributed by atoms with Crippen LogP contribution in [0.25, 0.3) is 0 Å². The van der Waals surface area contributed by atoms with Crippen LogP contribution in [0.15, 0.2) is 0 Å². The Labute approximate surface area is 104 Å². The van der Waals surface area contributed by atoms with Crippen molar-refractivity contribution >= 4 is 5.91 Å². The van der Waals surface area contributed by atoms with Crippen molar-refractivity contribution in [2.24, 2.45) is 5.73 Å². The molecule has 1 saturated carbocycles. The standard InChI is InChI=1S/C13H25N3O/c1-15-13(12(14)17)7-5-6-11(10-13)16-8-3-2-4-9-16/h11,15H,2-10H2,1H3,(H2,14,17). The van der Waals surface area contributed by atoms with E-state index < -0.39 is 5.54 Å². The van der Waals surface area contributed by atoms with Crippen molar-refractivity contribution in [3.8, 4) is 0 Å². The summed E-state index contributed by atoms with van der Waals surface area (Å²) in [7, 11) is 1.86. The molecule has 1 aliphatic carbocycles. The molecule has 2 unspecified atom stereocenters. The number of nitrogens with two attached hydrogens (primary N) is 1. The van der Waals surface area contributed by atoms with Gasteiger partial charge in [0, 0.05) is 6.04 Å². The Morgan fingerprint density at radius 2 is 2.00 bits per heavy atom. The van der Waals surface area contributed by atoms with Gasteiger partial charge in [-0.1, -0.05) is 6.42 Å². The molecule has 0 aromatic heterocycles. The molecule has 0 bridgehead atoms. The summed E-state index contributed by atoms with van der Waals surface area (Å²) in [6, 6.07) is 0.545. The first-order valence-electron chi connectivity index (χ1n) is 6.91. The SMILES string of the molecule is CNC1(C(N)=O)CCCC(N2CCCCC2)C1. The second-order valence-electron chi connectivity index (χ2n) is 5.54. The van der Waals surface area contributed by atoms with Gasteiger partial charge in [0.25, 0.3) is 0 Å². The van der Waals surface area contributed by atoms with Crippen molar-refractivity contribution in [1.29, 1.82) is 0 Å². The van der Waals surface area contributed by atoms with Crippen LogP contribution in [0.5, 0.6) is 0 Å². The average Bonchev–Trinajstić information content (AvgIpc) is 2.39. The number of hydrogen-bond acceptors (Lipinski definition) is 3. The van der Waals surface area contributed by atoms with Crippen molar-refractivity contribution < 1.29 is 4.79 Å². The topological polar surface area (TPSA) is 58.4 Å². The number of hydrogen-bond donors (Lipinski definition) is 2. The van der Waals surface area contributed by atoms with Crippen molar-refractivity contribution in [2.45, 2.75) is 56.5 Å². The number of primary amides is 1. The summed E-state index contributed by atoms with van der Waals surface area (Å²) >= 11 is 0. The minimum Gasteiger partial charge on any atom is -0.368 e. The smallest absolute Gasteiger partial charge is 0.237 e. The van der Waals surface area contributed by atoms with Gasteiger partial charge in [-0.3, -0.25) is 4.79 Å². The van der Waals surface area contributed by atoms with E-state index in [4.69, 9.17) is 5.73 Å². The fourth-order valence-corrected chi connectivity index (χ4v) is 3.42. The van der Waals surface area contributed by atoms with E-state index in [0.717, 1.165) is 19.3 Å². The zero-order valence-corrected chi connectivity index (χ0v) is 10.9. The van der Waals surface area contributed by atoms with Crippen molar-refractivity contribution in [2.75, 3.05) is 20.1 Å². The number of likely N-dealkylation sites (N-methyl/N-ethyl adjacent to an activating group) is 1. The predicted octanol–water partition coefficient (Wildman–Crippen LogP) is 0.858. The van der Waals surface area contributed by atoms with Crippen LogP contribution in [0.1, 0.15) is 44.9 Å². The van der Waals surface area contributed by atoms with E-state index in [2.05, 4.69) is 10.2 Å². The van der Waals surface area contributed by atoms with Crippen molar-refractivity contribution in [1.82, 2.24) is 10.2 Å². The first kappa shape index (κ1) is 12.8. The van der Waals surface area contributed by atoms with Crippen LogP contribution >= 0.6 is 0 Å². The van der Waals surface area contributed by atoms with Crippen molar-refractivity contribution in [3.63, 3.8) is 0 Å². The number of nitrogens with one attached hydrogen (secondary N) is 1. The average molecular weight is 239 g/mol. The number of amides is 1. The summed E-state index contributed by atoms with van der Waals surface area (Å²) in [6.07, 6.45) is 8.07. The summed E-state index contributed by atoms with van der Waals surface area (Å²) in [6.45, 7) is 2.40. The molecule has 4 nitrogen and oxygen atoms in total. The van der Waals surface area contributed by atoms with E-state index in [1.54, 1.807) is 0 Å². The minimum absolute atomic E-state index is 0.179. The van der Waals surface area contributed by atoms with Crippen LogP contribution in [-0.4, -0.2) is 42.5 Å². The molecule has 1 aliphatic heterocycles. The van der Waals surface area contributed by atoms with Gasteiger partial charge in [-0.25, -0.2) is 0 Å². The molecule has 0 spiro atoms. The Kier molecular flexibility index (Phi) is 4.05. The Balaban J connectivity index is 2.02. The summed E-state index contributed by atoms with van der Waals surface area (Å²) in [5.41, 5.74) is 5.13. The third-order valence-corrected chi connectivity index (χ3v) is 4.58. The molecule has 0 aromatic rings. The van der Waals surface area contributed by atoms with Gasteiger partial charge in [0.2, 0.25) is 5.91 Å². The maximum absolute atomic E-state index is 11.7. The van der Waals surface area contributed by atoms with Gasteiger partial charge >= 0.3 is 0 Å². The maximum atomic E-state index is 11.7. The van der Waals surface area contributed by atoms with E-state index in [9.17, 15) is 4.79 Å². The molecule has 1 amide bonds. The highest BCUT2D eigenvalue weighted by atomic mass is 16.1. The monoisotopic (exact) mass is 239 g/mol. The maximum Gasteiger partial charge on any atom is 0.237 e. The third kappa shape index (κ3) is 2.63. The molecular formula is C13H25N3O. The van der Waals surface area contributed by atoms with E-state index >= 15 is 0 Å². The number of nitrogens with zero attached hydrogens (tertiary/aromatic N) is 1. The lowest BCUT2D eigenvalue weighted by atomic mass is 9.77. The Morgan fingerprint density at radius 1 is 1.29 bits per heavy atom. The van der Waals surface area contributed by atoms with Crippen LogP contribution in [0, 0.1) is 0 Å². The minimum atomic E-state index is -0.458. The van der Waals surface area contributed by atoms with E-state index in [1.165, 1.54) is 38.8 Å². The van der Waals surface area contributed by atoms with Gasteiger partial charge < -0.3 is 16.0 Å². The third-order valence-electron chi connectivity index (χ3n) is 4.58. The summed E-state index contributed by atoms with van der Waals surface area (Å²) in [4.78, 5) is 14.2. The molecule has 3 N–H and O–H groups in total. The molecule has 2 aliphatic rings. The normalized spacial score (nSPS) is 35.7. The Bertz CT molecular complexity index is 276. The lowest BCUT2D eigenvalue weighted by molar-refractivity contribution is -0.126. The second-order valence-corrected chi connectivity index (χ2v) is 5.54. The second kappa shape index (κ2) is 5.36. The molecule has 0 aromatic carbocycles. The fourth-order valence-electron chi connectivity index (χ4n) is 3.42. The van der Waals surface area contributed by atoms with Gasteiger partial charge in [-0.05, 0) is 58.7 Å². The van der Waals surface area contributed by atoms with Gasteiger partial charge in [0.05, 0.1) is 5.54 Å². The van der Waals surface area contributed by atoms with Crippen LogP contribution < -0.4 is 11.1 Å². The molecule has 2 atom stereocenters. The number of carbonyl (C=O) groups is 1. The lowest BCUT2D eigenvalue weighted by Crippen LogP contribution is -2.60. The van der Waals surface area contributed by atoms with E-state index in [0.29, 0.717) is 6.04 Å². The highest BCUT2D eigenvalue weighted by Gasteiger charge is 2.41. The van der Waals surface area contributed by atoms with Crippen LogP contribution in [0.2, 0.25) is 0 Å².